The number of methoxy groups -OCH3 is 1. The molecular weight excluding hydrogens is 312 g/mol. The van der Waals surface area contributed by atoms with Crippen LogP contribution in [0.25, 0.3) is 0 Å². The van der Waals surface area contributed by atoms with E-state index in [0.29, 0.717) is 6.61 Å². The first-order valence-corrected chi connectivity index (χ1v) is 9.07. The minimum atomic E-state index is -0.203. The highest BCUT2D eigenvalue weighted by atomic mass is 16.5. The van der Waals surface area contributed by atoms with Crippen LogP contribution in [0, 0.1) is 0 Å². The Morgan fingerprint density at radius 3 is 2.36 bits per heavy atom. The summed E-state index contributed by atoms with van der Waals surface area (Å²) >= 11 is 0. The molecule has 134 valence electrons. The van der Waals surface area contributed by atoms with Gasteiger partial charge in [-0.3, -0.25) is 4.79 Å². The van der Waals surface area contributed by atoms with Gasteiger partial charge in [0.15, 0.2) is 0 Å². The number of rotatable bonds is 9. The van der Waals surface area contributed by atoms with E-state index >= 15 is 0 Å². The average molecular weight is 340 g/mol. The molecule has 0 bridgehead atoms. The summed E-state index contributed by atoms with van der Waals surface area (Å²) in [4.78, 5) is 12.5. The third-order valence-electron chi connectivity index (χ3n) is 4.42. The fourth-order valence-electron chi connectivity index (χ4n) is 3.14. The van der Waals surface area contributed by atoms with Gasteiger partial charge >= 0.3 is 5.97 Å². The molecule has 0 aliphatic heterocycles. The van der Waals surface area contributed by atoms with E-state index in [1.165, 1.54) is 0 Å². The first-order valence-electron chi connectivity index (χ1n) is 9.07. The Morgan fingerprint density at radius 2 is 1.68 bits per heavy atom. The largest absolute Gasteiger partial charge is 0.496 e. The Hall–Kier alpha value is -2.29. The molecular formula is C22H28O3. The fourth-order valence-corrected chi connectivity index (χ4v) is 3.14. The number of ether oxygens (including phenoxy) is 2. The third kappa shape index (κ3) is 5.09. The molecule has 1 atom stereocenters. The van der Waals surface area contributed by atoms with Crippen LogP contribution in [0.4, 0.5) is 0 Å². The lowest BCUT2D eigenvalue weighted by Gasteiger charge is -2.20. The van der Waals surface area contributed by atoms with Gasteiger partial charge in [-0.2, -0.15) is 0 Å². The lowest BCUT2D eigenvalue weighted by atomic mass is 9.87. The van der Waals surface area contributed by atoms with Crippen LogP contribution in [0.5, 0.6) is 5.75 Å². The number of para-hydroxylation sites is 1. The summed E-state index contributed by atoms with van der Waals surface area (Å²) in [5.41, 5.74) is 3.34. The van der Waals surface area contributed by atoms with Crippen molar-refractivity contribution in [3.63, 3.8) is 0 Å². The Labute approximate surface area is 151 Å². The van der Waals surface area contributed by atoms with Gasteiger partial charge in [0.1, 0.15) is 5.75 Å². The number of benzene rings is 2. The molecule has 0 heterocycles. The molecule has 0 spiro atoms. The molecule has 0 saturated heterocycles. The van der Waals surface area contributed by atoms with Crippen LogP contribution in [0.15, 0.2) is 48.5 Å². The highest BCUT2D eigenvalue weighted by molar-refractivity contribution is 5.78. The summed E-state index contributed by atoms with van der Waals surface area (Å²) in [5.74, 6) is 0.549. The predicted molar refractivity (Wildman–Crippen MR) is 101 cm³/mol. The quantitative estimate of drug-likeness (QED) is 0.594. The summed E-state index contributed by atoms with van der Waals surface area (Å²) in [5, 5.41) is 0. The van der Waals surface area contributed by atoms with Crippen molar-refractivity contribution in [3.8, 4) is 5.75 Å². The minimum absolute atomic E-state index is 0.122. The molecule has 25 heavy (non-hydrogen) atoms. The van der Waals surface area contributed by atoms with Crippen molar-refractivity contribution in [2.24, 2.45) is 0 Å². The zero-order valence-electron chi connectivity index (χ0n) is 15.5. The molecule has 0 saturated carbocycles. The Bertz CT molecular complexity index is 678. The van der Waals surface area contributed by atoms with E-state index in [1.807, 2.05) is 37.3 Å². The first kappa shape index (κ1) is 19.0. The van der Waals surface area contributed by atoms with E-state index in [2.05, 4.69) is 25.1 Å². The molecule has 0 radical (unpaired) electrons. The maximum atomic E-state index is 12.5. The van der Waals surface area contributed by atoms with Crippen LogP contribution in [0.2, 0.25) is 0 Å². The molecule has 0 N–H and O–H groups in total. The number of hydrogen-bond donors (Lipinski definition) is 0. The van der Waals surface area contributed by atoms with Gasteiger partial charge in [0.2, 0.25) is 0 Å². The van der Waals surface area contributed by atoms with Gasteiger partial charge in [-0.1, -0.05) is 62.2 Å². The summed E-state index contributed by atoms with van der Waals surface area (Å²) in [6.07, 6.45) is 3.62. The van der Waals surface area contributed by atoms with Gasteiger partial charge in [-0.25, -0.2) is 0 Å². The zero-order valence-corrected chi connectivity index (χ0v) is 15.5. The van der Waals surface area contributed by atoms with Crippen molar-refractivity contribution < 1.29 is 14.3 Å². The monoisotopic (exact) mass is 340 g/mol. The van der Waals surface area contributed by atoms with Crippen LogP contribution in [0.3, 0.4) is 0 Å². The van der Waals surface area contributed by atoms with Gasteiger partial charge < -0.3 is 9.47 Å². The van der Waals surface area contributed by atoms with E-state index in [9.17, 15) is 4.79 Å². The molecule has 3 nitrogen and oxygen atoms in total. The summed E-state index contributed by atoms with van der Waals surface area (Å²) in [7, 11) is 1.69. The van der Waals surface area contributed by atoms with Crippen molar-refractivity contribution in [2.75, 3.05) is 13.7 Å². The van der Waals surface area contributed by atoms with Gasteiger partial charge in [0.25, 0.3) is 0 Å². The van der Waals surface area contributed by atoms with Crippen LogP contribution >= 0.6 is 0 Å². The lowest BCUT2D eigenvalue weighted by molar-refractivity contribution is -0.145. The molecule has 0 aliphatic carbocycles. The summed E-state index contributed by atoms with van der Waals surface area (Å²) < 4.78 is 10.8. The van der Waals surface area contributed by atoms with E-state index in [1.54, 1.807) is 7.11 Å². The molecule has 0 aliphatic rings. The topological polar surface area (TPSA) is 35.5 Å². The van der Waals surface area contributed by atoms with Gasteiger partial charge in [0.05, 0.1) is 19.6 Å². The van der Waals surface area contributed by atoms with E-state index in [0.717, 1.165) is 48.1 Å². The SMILES string of the molecule is CCCCC(C(=O)OCC)c1ccccc1Cc1ccccc1OC. The fraction of sp³-hybridized carbons (Fsp3) is 0.409. The number of unbranched alkanes of at least 4 members (excludes halogenated alkanes) is 1. The van der Waals surface area contributed by atoms with Crippen LogP contribution in [-0.4, -0.2) is 19.7 Å². The molecule has 0 fully saturated rings. The maximum absolute atomic E-state index is 12.5. The van der Waals surface area contributed by atoms with Gasteiger partial charge in [0, 0.05) is 6.42 Å². The highest BCUT2D eigenvalue weighted by Gasteiger charge is 2.24. The molecule has 0 amide bonds. The smallest absolute Gasteiger partial charge is 0.313 e. The number of hydrogen-bond acceptors (Lipinski definition) is 3. The van der Waals surface area contributed by atoms with Crippen LogP contribution < -0.4 is 4.74 Å². The second-order valence-electron chi connectivity index (χ2n) is 6.13. The first-order chi connectivity index (χ1) is 12.2. The average Bonchev–Trinajstić information content (AvgIpc) is 2.64. The normalized spacial score (nSPS) is 11.8. The second-order valence-corrected chi connectivity index (χ2v) is 6.13. The highest BCUT2D eigenvalue weighted by Crippen LogP contribution is 2.30. The van der Waals surface area contributed by atoms with E-state index < -0.39 is 0 Å². The predicted octanol–water partition coefficient (Wildman–Crippen LogP) is 5.12. The van der Waals surface area contributed by atoms with Crippen molar-refractivity contribution in [1.82, 2.24) is 0 Å². The third-order valence-corrected chi connectivity index (χ3v) is 4.42. The number of carbonyl (C=O) groups excluding carboxylic acids is 1. The van der Waals surface area contributed by atoms with Crippen molar-refractivity contribution in [1.29, 1.82) is 0 Å². The molecule has 0 aromatic heterocycles. The zero-order chi connectivity index (χ0) is 18.1. The maximum Gasteiger partial charge on any atom is 0.313 e. The molecule has 2 aromatic carbocycles. The van der Waals surface area contributed by atoms with Crippen molar-refractivity contribution >= 4 is 5.97 Å². The Kier molecular flexibility index (Phi) is 7.52. The van der Waals surface area contributed by atoms with E-state index in [4.69, 9.17) is 9.47 Å². The Morgan fingerprint density at radius 1 is 1.00 bits per heavy atom. The number of carbonyl (C=O) groups is 1. The minimum Gasteiger partial charge on any atom is -0.496 e. The standard InChI is InChI=1S/C22H28O3/c1-4-6-13-20(22(23)25-5-2)19-14-9-7-11-17(19)16-18-12-8-10-15-21(18)24-3/h7-12,14-15,20H,4-6,13,16H2,1-3H3. The van der Waals surface area contributed by atoms with Crippen LogP contribution in [0.1, 0.15) is 55.7 Å². The van der Waals surface area contributed by atoms with Gasteiger partial charge in [-0.05, 0) is 36.1 Å². The summed E-state index contributed by atoms with van der Waals surface area (Å²) in [6, 6.07) is 16.2. The Balaban J connectivity index is 2.35. The van der Waals surface area contributed by atoms with Crippen LogP contribution in [-0.2, 0) is 16.0 Å². The summed E-state index contributed by atoms with van der Waals surface area (Å²) in [6.45, 7) is 4.41. The molecule has 3 heteroatoms. The molecule has 2 rings (SSSR count). The lowest BCUT2D eigenvalue weighted by Crippen LogP contribution is -2.18. The van der Waals surface area contributed by atoms with E-state index in [-0.39, 0.29) is 11.9 Å². The molecule has 2 aromatic rings. The second kappa shape index (κ2) is 9.87. The van der Waals surface area contributed by atoms with Crippen molar-refractivity contribution in [3.05, 3.63) is 65.2 Å². The van der Waals surface area contributed by atoms with Gasteiger partial charge in [-0.15, -0.1) is 0 Å². The number of esters is 1. The van der Waals surface area contributed by atoms with Crippen molar-refractivity contribution in [2.45, 2.75) is 45.4 Å². The molecule has 1 unspecified atom stereocenters.